The Kier molecular flexibility index (Phi) is 5.98. The zero-order valence-corrected chi connectivity index (χ0v) is 19.7. The largest absolute Gasteiger partial charge is 0.354 e. The van der Waals surface area contributed by atoms with Crippen LogP contribution in [-0.2, 0) is 14.8 Å². The fraction of sp³-hybridized carbons (Fsp3) is 0. The summed E-state index contributed by atoms with van der Waals surface area (Å²) in [6.07, 6.45) is 0. The minimum absolute atomic E-state index is 0.0323. The number of hydrogen-bond acceptors (Lipinski definition) is 5. The lowest BCUT2D eigenvalue weighted by Gasteiger charge is -2.15. The van der Waals surface area contributed by atoms with E-state index in [0.29, 0.717) is 39.5 Å². The number of nitriles is 1. The van der Waals surface area contributed by atoms with Gasteiger partial charge in [0.1, 0.15) is 0 Å². The number of fused-ring (bicyclic) bond motifs is 1. The van der Waals surface area contributed by atoms with Crippen LogP contribution in [0.3, 0.4) is 0 Å². The molecule has 176 valence electrons. The summed E-state index contributed by atoms with van der Waals surface area (Å²) in [5.74, 6) is -0.351. The molecule has 1 aliphatic rings. The van der Waals surface area contributed by atoms with E-state index in [4.69, 9.17) is 5.26 Å². The van der Waals surface area contributed by atoms with Crippen LogP contribution in [0.4, 0.5) is 17.1 Å². The van der Waals surface area contributed by atoms with Crippen LogP contribution in [-0.4, -0.2) is 14.3 Å². The predicted molar refractivity (Wildman–Crippen MR) is 140 cm³/mol. The molecule has 8 heteroatoms. The van der Waals surface area contributed by atoms with E-state index in [1.807, 2.05) is 30.3 Å². The lowest BCUT2D eigenvalue weighted by molar-refractivity contribution is -0.110. The van der Waals surface area contributed by atoms with Crippen molar-refractivity contribution in [1.29, 1.82) is 5.26 Å². The van der Waals surface area contributed by atoms with Crippen LogP contribution < -0.4 is 15.4 Å². The maximum atomic E-state index is 13.2. The van der Waals surface area contributed by atoms with Crippen molar-refractivity contribution in [2.45, 2.75) is 4.90 Å². The van der Waals surface area contributed by atoms with Gasteiger partial charge in [-0.25, -0.2) is 8.42 Å². The van der Waals surface area contributed by atoms with Crippen LogP contribution >= 0.6 is 0 Å². The van der Waals surface area contributed by atoms with E-state index in [0.717, 1.165) is 5.56 Å². The predicted octanol–water partition coefficient (Wildman–Crippen LogP) is 5.29. The number of nitrogens with one attached hydrogen (secondary N) is 3. The van der Waals surface area contributed by atoms with E-state index in [9.17, 15) is 13.2 Å². The summed E-state index contributed by atoms with van der Waals surface area (Å²) in [6.45, 7) is 0. The highest BCUT2D eigenvalue weighted by Gasteiger charge is 2.30. The van der Waals surface area contributed by atoms with Gasteiger partial charge in [-0.3, -0.25) is 9.52 Å². The topological polar surface area (TPSA) is 111 Å². The van der Waals surface area contributed by atoms with Gasteiger partial charge in [0.05, 0.1) is 27.8 Å². The third-order valence-electron chi connectivity index (χ3n) is 5.67. The highest BCUT2D eigenvalue weighted by molar-refractivity contribution is 7.92. The second-order valence-corrected chi connectivity index (χ2v) is 9.75. The van der Waals surface area contributed by atoms with Gasteiger partial charge in [0.15, 0.2) is 0 Å². The first-order valence-corrected chi connectivity index (χ1v) is 12.5. The van der Waals surface area contributed by atoms with Crippen LogP contribution in [0.1, 0.15) is 16.7 Å². The summed E-state index contributed by atoms with van der Waals surface area (Å²) >= 11 is 0. The smallest absolute Gasteiger partial charge is 0.261 e. The molecule has 0 fully saturated rings. The SMILES string of the molecule is N#Cc1ccc(N/C(=C2\C(=O)Nc3ccc(S(=O)(=O)Nc4ccccc4)cc32)c2ccccc2)cc1. The molecule has 3 N–H and O–H groups in total. The number of para-hydroxylation sites is 1. The second-order valence-electron chi connectivity index (χ2n) is 8.06. The molecule has 4 aromatic carbocycles. The maximum absolute atomic E-state index is 13.2. The van der Waals surface area contributed by atoms with Gasteiger partial charge in [-0.1, -0.05) is 48.5 Å². The Morgan fingerprint density at radius 2 is 1.47 bits per heavy atom. The van der Waals surface area contributed by atoms with Crippen LogP contribution in [0.5, 0.6) is 0 Å². The van der Waals surface area contributed by atoms with Gasteiger partial charge in [-0.2, -0.15) is 5.26 Å². The molecule has 0 aromatic heterocycles. The summed E-state index contributed by atoms with van der Waals surface area (Å²) < 4.78 is 28.8. The Bertz CT molecular complexity index is 1620. The van der Waals surface area contributed by atoms with Crippen LogP contribution in [0.15, 0.2) is 108 Å². The molecule has 0 aliphatic carbocycles. The number of anilines is 3. The fourth-order valence-corrected chi connectivity index (χ4v) is 5.02. The molecule has 0 atom stereocenters. The standard InChI is InChI=1S/C28H20N4O3S/c29-18-19-11-13-21(14-12-19)30-27(20-7-3-1-4-8-20)26-24-17-23(15-16-25(24)31-28(26)33)36(34,35)32-22-9-5-2-6-10-22/h1-17,30,32H,(H,31,33)/b27-26-. The van der Waals surface area contributed by atoms with Gasteiger partial charge >= 0.3 is 0 Å². The quantitative estimate of drug-likeness (QED) is 0.317. The van der Waals surface area contributed by atoms with Gasteiger partial charge < -0.3 is 10.6 Å². The minimum atomic E-state index is -3.90. The number of amides is 1. The Labute approximate surface area is 208 Å². The van der Waals surface area contributed by atoms with Crippen LogP contribution in [0.2, 0.25) is 0 Å². The first-order chi connectivity index (χ1) is 17.4. The fourth-order valence-electron chi connectivity index (χ4n) is 3.94. The van der Waals surface area contributed by atoms with Crippen molar-refractivity contribution in [3.8, 4) is 6.07 Å². The Morgan fingerprint density at radius 3 is 2.14 bits per heavy atom. The molecular formula is C28H20N4O3S. The molecule has 0 radical (unpaired) electrons. The Balaban J connectivity index is 1.62. The van der Waals surface area contributed by atoms with E-state index in [2.05, 4.69) is 21.4 Å². The monoisotopic (exact) mass is 492 g/mol. The second kappa shape index (κ2) is 9.41. The zero-order chi connectivity index (χ0) is 25.1. The molecule has 0 saturated heterocycles. The first-order valence-electron chi connectivity index (χ1n) is 11.1. The van der Waals surface area contributed by atoms with Gasteiger partial charge in [-0.05, 0) is 60.2 Å². The van der Waals surface area contributed by atoms with Gasteiger partial charge in [-0.15, -0.1) is 0 Å². The average Bonchev–Trinajstić information content (AvgIpc) is 3.23. The maximum Gasteiger partial charge on any atom is 0.261 e. The minimum Gasteiger partial charge on any atom is -0.354 e. The van der Waals surface area contributed by atoms with E-state index >= 15 is 0 Å². The summed E-state index contributed by atoms with van der Waals surface area (Å²) in [6, 6.07) is 31.4. The molecular weight excluding hydrogens is 472 g/mol. The lowest BCUT2D eigenvalue weighted by atomic mass is 10.00. The molecule has 36 heavy (non-hydrogen) atoms. The van der Waals surface area contributed by atoms with E-state index in [1.54, 1.807) is 60.7 Å². The van der Waals surface area contributed by atoms with Crippen molar-refractivity contribution in [2.24, 2.45) is 0 Å². The first kappa shape index (κ1) is 22.9. The number of nitrogens with zero attached hydrogens (tertiary/aromatic N) is 1. The molecule has 1 heterocycles. The van der Waals surface area contributed by atoms with Crippen LogP contribution in [0.25, 0.3) is 11.3 Å². The van der Waals surface area contributed by atoms with Gasteiger partial charge in [0, 0.05) is 22.6 Å². The Morgan fingerprint density at radius 1 is 0.806 bits per heavy atom. The number of benzene rings is 4. The van der Waals surface area contributed by atoms with Gasteiger partial charge in [0.2, 0.25) is 0 Å². The van der Waals surface area contributed by atoms with E-state index < -0.39 is 10.0 Å². The molecule has 7 nitrogen and oxygen atoms in total. The molecule has 1 amide bonds. The molecule has 0 bridgehead atoms. The summed E-state index contributed by atoms with van der Waals surface area (Å²) in [5, 5.41) is 15.2. The van der Waals surface area contributed by atoms with E-state index in [-0.39, 0.29) is 10.8 Å². The average molecular weight is 493 g/mol. The molecule has 4 aromatic rings. The molecule has 1 aliphatic heterocycles. The number of hydrogen-bond donors (Lipinski definition) is 3. The molecule has 0 unspecified atom stereocenters. The summed E-state index contributed by atoms with van der Waals surface area (Å²) in [7, 11) is -3.90. The molecule has 0 saturated carbocycles. The van der Waals surface area contributed by atoms with Crippen molar-refractivity contribution in [2.75, 3.05) is 15.4 Å². The summed E-state index contributed by atoms with van der Waals surface area (Å²) in [5.41, 5.74) is 4.19. The van der Waals surface area contributed by atoms with Crippen molar-refractivity contribution in [3.63, 3.8) is 0 Å². The van der Waals surface area contributed by atoms with Crippen molar-refractivity contribution < 1.29 is 13.2 Å². The van der Waals surface area contributed by atoms with Gasteiger partial charge in [0.25, 0.3) is 15.9 Å². The third kappa shape index (κ3) is 4.56. The number of carbonyl (C=O) groups excluding carboxylic acids is 1. The number of carbonyl (C=O) groups is 1. The van der Waals surface area contributed by atoms with Crippen molar-refractivity contribution >= 4 is 44.3 Å². The lowest BCUT2D eigenvalue weighted by Crippen LogP contribution is -2.13. The number of rotatable bonds is 6. The van der Waals surface area contributed by atoms with Crippen molar-refractivity contribution in [1.82, 2.24) is 0 Å². The highest BCUT2D eigenvalue weighted by Crippen LogP contribution is 2.39. The van der Waals surface area contributed by atoms with Crippen molar-refractivity contribution in [3.05, 3.63) is 120 Å². The van der Waals surface area contributed by atoms with E-state index in [1.165, 1.54) is 12.1 Å². The Hall–Kier alpha value is -4.87. The number of sulfonamides is 1. The highest BCUT2D eigenvalue weighted by atomic mass is 32.2. The molecule has 0 spiro atoms. The summed E-state index contributed by atoms with van der Waals surface area (Å²) in [4.78, 5) is 13.2. The van der Waals surface area contributed by atoms with Crippen LogP contribution in [0, 0.1) is 11.3 Å². The normalized spacial score (nSPS) is 13.8. The third-order valence-corrected chi connectivity index (χ3v) is 7.05. The molecule has 5 rings (SSSR count). The zero-order valence-electron chi connectivity index (χ0n) is 18.9.